The summed E-state index contributed by atoms with van der Waals surface area (Å²) < 4.78 is 2.00. The summed E-state index contributed by atoms with van der Waals surface area (Å²) in [6.07, 6.45) is 4.88. The Labute approximate surface area is 146 Å². The SMILES string of the molecule is CC(C)(O)c1ccn2c(-c3cccc(NC4CCNC4)n3)cnc2c1. The summed E-state index contributed by atoms with van der Waals surface area (Å²) in [5, 5.41) is 17.0. The Hall–Kier alpha value is -2.44. The Kier molecular flexibility index (Phi) is 3.94. The van der Waals surface area contributed by atoms with Crippen molar-refractivity contribution < 1.29 is 5.11 Å². The second-order valence-electron chi connectivity index (χ2n) is 7.09. The molecule has 1 saturated heterocycles. The van der Waals surface area contributed by atoms with Crippen LogP contribution in [-0.2, 0) is 5.60 Å². The van der Waals surface area contributed by atoms with Gasteiger partial charge in [-0.3, -0.25) is 4.40 Å². The standard InChI is InChI=1S/C19H23N5O/c1-19(2,25)13-7-9-24-16(12-21-18(24)10-13)15-4-3-5-17(23-15)22-14-6-8-20-11-14/h3-5,7,9-10,12,14,20,25H,6,8,11H2,1-2H3,(H,22,23). The quantitative estimate of drug-likeness (QED) is 0.682. The predicted octanol–water partition coefficient (Wildman–Crippen LogP) is 2.40. The van der Waals surface area contributed by atoms with Gasteiger partial charge in [0.1, 0.15) is 11.5 Å². The highest BCUT2D eigenvalue weighted by molar-refractivity contribution is 5.62. The topological polar surface area (TPSA) is 74.5 Å². The maximum atomic E-state index is 10.2. The van der Waals surface area contributed by atoms with Crippen LogP contribution in [-0.4, -0.2) is 38.6 Å². The van der Waals surface area contributed by atoms with E-state index < -0.39 is 5.60 Å². The van der Waals surface area contributed by atoms with Gasteiger partial charge in [0, 0.05) is 18.8 Å². The number of pyridine rings is 2. The summed E-state index contributed by atoms with van der Waals surface area (Å²) in [5.74, 6) is 0.884. The number of nitrogens with zero attached hydrogens (tertiary/aromatic N) is 3. The molecule has 25 heavy (non-hydrogen) atoms. The monoisotopic (exact) mass is 337 g/mol. The van der Waals surface area contributed by atoms with Crippen LogP contribution in [0.15, 0.2) is 42.7 Å². The van der Waals surface area contributed by atoms with Crippen LogP contribution in [0.1, 0.15) is 25.8 Å². The third-order valence-electron chi connectivity index (χ3n) is 4.64. The Morgan fingerprint density at radius 2 is 2.20 bits per heavy atom. The van der Waals surface area contributed by atoms with Crippen LogP contribution in [0.25, 0.3) is 17.0 Å². The first-order valence-corrected chi connectivity index (χ1v) is 8.65. The molecule has 0 bridgehead atoms. The van der Waals surface area contributed by atoms with Gasteiger partial charge in [0.05, 0.1) is 23.2 Å². The van der Waals surface area contributed by atoms with Crippen molar-refractivity contribution in [3.63, 3.8) is 0 Å². The molecule has 1 aliphatic rings. The van der Waals surface area contributed by atoms with E-state index in [0.29, 0.717) is 6.04 Å². The number of anilines is 1. The smallest absolute Gasteiger partial charge is 0.137 e. The molecule has 6 nitrogen and oxygen atoms in total. The molecular formula is C19H23N5O. The van der Waals surface area contributed by atoms with Crippen LogP contribution in [0.4, 0.5) is 5.82 Å². The molecule has 0 spiro atoms. The van der Waals surface area contributed by atoms with E-state index in [0.717, 1.165) is 47.9 Å². The van der Waals surface area contributed by atoms with Crippen molar-refractivity contribution in [2.45, 2.75) is 31.9 Å². The third-order valence-corrected chi connectivity index (χ3v) is 4.64. The molecule has 3 N–H and O–H groups in total. The average molecular weight is 337 g/mol. The van der Waals surface area contributed by atoms with E-state index in [1.807, 2.05) is 47.1 Å². The first-order chi connectivity index (χ1) is 12.0. The van der Waals surface area contributed by atoms with Gasteiger partial charge in [0.15, 0.2) is 0 Å². The van der Waals surface area contributed by atoms with Crippen LogP contribution in [0.3, 0.4) is 0 Å². The summed E-state index contributed by atoms with van der Waals surface area (Å²) in [4.78, 5) is 9.23. The number of aliphatic hydroxyl groups is 1. The summed E-state index contributed by atoms with van der Waals surface area (Å²) >= 11 is 0. The lowest BCUT2D eigenvalue weighted by Crippen LogP contribution is -2.22. The molecular weight excluding hydrogens is 314 g/mol. The molecule has 0 radical (unpaired) electrons. The summed E-state index contributed by atoms with van der Waals surface area (Å²) in [6.45, 7) is 5.57. The Morgan fingerprint density at radius 3 is 2.96 bits per heavy atom. The van der Waals surface area contributed by atoms with Gasteiger partial charge in [-0.25, -0.2) is 9.97 Å². The van der Waals surface area contributed by atoms with Gasteiger partial charge in [0.25, 0.3) is 0 Å². The minimum absolute atomic E-state index is 0.430. The first kappa shape index (κ1) is 16.1. The number of aromatic nitrogens is 3. The molecule has 0 saturated carbocycles. The molecule has 1 unspecified atom stereocenters. The van der Waals surface area contributed by atoms with E-state index in [4.69, 9.17) is 4.98 Å². The van der Waals surface area contributed by atoms with E-state index in [1.54, 1.807) is 13.8 Å². The highest BCUT2D eigenvalue weighted by Crippen LogP contribution is 2.25. The minimum atomic E-state index is -0.884. The number of imidazole rings is 1. The highest BCUT2D eigenvalue weighted by Gasteiger charge is 2.18. The van der Waals surface area contributed by atoms with Crippen molar-refractivity contribution in [3.8, 4) is 11.4 Å². The zero-order valence-electron chi connectivity index (χ0n) is 14.5. The number of rotatable bonds is 4. The molecule has 0 aromatic carbocycles. The lowest BCUT2D eigenvalue weighted by molar-refractivity contribution is 0.0786. The molecule has 1 atom stereocenters. The van der Waals surface area contributed by atoms with Crippen LogP contribution in [0, 0.1) is 0 Å². The summed E-state index contributed by atoms with van der Waals surface area (Å²) in [7, 11) is 0. The van der Waals surface area contributed by atoms with Crippen molar-refractivity contribution in [3.05, 3.63) is 48.3 Å². The molecule has 6 heteroatoms. The van der Waals surface area contributed by atoms with Gasteiger partial charge in [0.2, 0.25) is 0 Å². The second kappa shape index (κ2) is 6.13. The van der Waals surface area contributed by atoms with E-state index in [1.165, 1.54) is 0 Å². The zero-order valence-corrected chi connectivity index (χ0v) is 14.5. The molecule has 3 aromatic heterocycles. The molecule has 1 fully saturated rings. The number of nitrogens with one attached hydrogen (secondary N) is 2. The molecule has 3 aromatic rings. The van der Waals surface area contributed by atoms with Crippen molar-refractivity contribution in [2.24, 2.45) is 0 Å². The first-order valence-electron chi connectivity index (χ1n) is 8.65. The number of hydrogen-bond donors (Lipinski definition) is 3. The van der Waals surface area contributed by atoms with Crippen molar-refractivity contribution in [1.29, 1.82) is 0 Å². The van der Waals surface area contributed by atoms with Crippen LogP contribution in [0.2, 0.25) is 0 Å². The minimum Gasteiger partial charge on any atom is -0.386 e. The van der Waals surface area contributed by atoms with Crippen molar-refractivity contribution in [2.75, 3.05) is 18.4 Å². The molecule has 4 heterocycles. The molecule has 1 aliphatic heterocycles. The molecule has 0 aliphatic carbocycles. The van der Waals surface area contributed by atoms with Gasteiger partial charge in [-0.2, -0.15) is 0 Å². The average Bonchev–Trinajstić information content (AvgIpc) is 3.23. The summed E-state index contributed by atoms with van der Waals surface area (Å²) in [5.41, 5.74) is 2.57. The second-order valence-corrected chi connectivity index (χ2v) is 7.09. The van der Waals surface area contributed by atoms with Gasteiger partial charge in [-0.1, -0.05) is 6.07 Å². The zero-order chi connectivity index (χ0) is 17.4. The van der Waals surface area contributed by atoms with Crippen LogP contribution >= 0.6 is 0 Å². The van der Waals surface area contributed by atoms with E-state index in [2.05, 4.69) is 15.6 Å². The van der Waals surface area contributed by atoms with Crippen LogP contribution in [0.5, 0.6) is 0 Å². The van der Waals surface area contributed by atoms with Crippen molar-refractivity contribution >= 4 is 11.5 Å². The maximum Gasteiger partial charge on any atom is 0.137 e. The lowest BCUT2D eigenvalue weighted by Gasteiger charge is -2.17. The van der Waals surface area contributed by atoms with E-state index >= 15 is 0 Å². The maximum absolute atomic E-state index is 10.2. The fourth-order valence-corrected chi connectivity index (χ4v) is 3.20. The Morgan fingerprint density at radius 1 is 1.32 bits per heavy atom. The van der Waals surface area contributed by atoms with Gasteiger partial charge in [-0.15, -0.1) is 0 Å². The Balaban J connectivity index is 1.67. The summed E-state index contributed by atoms with van der Waals surface area (Å²) in [6, 6.07) is 10.3. The number of fused-ring (bicyclic) bond motifs is 1. The largest absolute Gasteiger partial charge is 0.386 e. The Bertz CT molecular complexity index is 890. The van der Waals surface area contributed by atoms with E-state index in [9.17, 15) is 5.11 Å². The third kappa shape index (κ3) is 3.23. The van der Waals surface area contributed by atoms with E-state index in [-0.39, 0.29) is 0 Å². The van der Waals surface area contributed by atoms with Crippen molar-refractivity contribution in [1.82, 2.24) is 19.7 Å². The molecule has 0 amide bonds. The molecule has 130 valence electrons. The van der Waals surface area contributed by atoms with Crippen LogP contribution < -0.4 is 10.6 Å². The fraction of sp³-hybridized carbons (Fsp3) is 0.368. The van der Waals surface area contributed by atoms with Gasteiger partial charge in [-0.05, 0) is 56.6 Å². The molecule has 4 rings (SSSR count). The van der Waals surface area contributed by atoms with Gasteiger partial charge >= 0.3 is 0 Å². The number of hydrogen-bond acceptors (Lipinski definition) is 5. The normalized spacial score (nSPS) is 18.0. The lowest BCUT2D eigenvalue weighted by atomic mass is 10.00. The fourth-order valence-electron chi connectivity index (χ4n) is 3.20. The van der Waals surface area contributed by atoms with Gasteiger partial charge < -0.3 is 15.7 Å². The highest BCUT2D eigenvalue weighted by atomic mass is 16.3. The predicted molar refractivity (Wildman–Crippen MR) is 98.6 cm³/mol.